The lowest BCUT2D eigenvalue weighted by molar-refractivity contribution is -0.137. The van der Waals surface area contributed by atoms with Crippen LogP contribution in [0.1, 0.15) is 25.3 Å². The highest BCUT2D eigenvalue weighted by Crippen LogP contribution is 2.13. The molecular formula is C17H27N3O. The fourth-order valence-corrected chi connectivity index (χ4v) is 2.83. The zero-order valence-corrected chi connectivity index (χ0v) is 13.0. The summed E-state index contributed by atoms with van der Waals surface area (Å²) in [5.74, 6) is 0.400. The number of nitrogens with zero attached hydrogens (tertiary/aromatic N) is 2. The van der Waals surface area contributed by atoms with E-state index < -0.39 is 0 Å². The number of hydrogen-bond acceptors (Lipinski definition) is 3. The van der Waals surface area contributed by atoms with Crippen LogP contribution in [0.3, 0.4) is 0 Å². The van der Waals surface area contributed by atoms with Crippen molar-refractivity contribution < 1.29 is 4.79 Å². The zero-order chi connectivity index (χ0) is 15.1. The number of piperazine rings is 1. The standard InChI is InChI=1S/C17H27N3O/c1-15(6-5-9-18)17(21)20-12-10-19(11-13-20)14-16-7-3-2-4-8-16/h2-4,7-8,15H,5-6,9-14,18H2,1H3. The molecular weight excluding hydrogens is 262 g/mol. The summed E-state index contributed by atoms with van der Waals surface area (Å²) in [5, 5.41) is 0. The minimum Gasteiger partial charge on any atom is -0.340 e. The van der Waals surface area contributed by atoms with E-state index in [2.05, 4.69) is 29.2 Å². The first-order chi connectivity index (χ1) is 10.2. The van der Waals surface area contributed by atoms with Crippen LogP contribution in [0, 0.1) is 5.92 Å². The van der Waals surface area contributed by atoms with Crippen molar-refractivity contribution in [3.05, 3.63) is 35.9 Å². The number of amides is 1. The Kier molecular flexibility index (Phi) is 6.21. The molecule has 2 rings (SSSR count). The van der Waals surface area contributed by atoms with Crippen LogP contribution >= 0.6 is 0 Å². The van der Waals surface area contributed by atoms with E-state index in [0.29, 0.717) is 12.5 Å². The molecule has 1 aromatic rings. The molecule has 1 aliphatic rings. The van der Waals surface area contributed by atoms with E-state index in [4.69, 9.17) is 5.73 Å². The Morgan fingerprint density at radius 3 is 2.48 bits per heavy atom. The van der Waals surface area contributed by atoms with E-state index in [1.165, 1.54) is 5.56 Å². The van der Waals surface area contributed by atoms with Gasteiger partial charge in [0.25, 0.3) is 0 Å². The van der Waals surface area contributed by atoms with Gasteiger partial charge in [0.15, 0.2) is 0 Å². The van der Waals surface area contributed by atoms with Gasteiger partial charge in [-0.25, -0.2) is 0 Å². The fraction of sp³-hybridized carbons (Fsp3) is 0.588. The van der Waals surface area contributed by atoms with Crippen molar-refractivity contribution in [3.63, 3.8) is 0 Å². The summed E-state index contributed by atoms with van der Waals surface area (Å²) < 4.78 is 0. The lowest BCUT2D eigenvalue weighted by Gasteiger charge is -2.36. The lowest BCUT2D eigenvalue weighted by Crippen LogP contribution is -2.49. The topological polar surface area (TPSA) is 49.6 Å². The van der Waals surface area contributed by atoms with Gasteiger partial charge in [0.1, 0.15) is 0 Å². The van der Waals surface area contributed by atoms with Crippen molar-refractivity contribution in [1.82, 2.24) is 9.80 Å². The monoisotopic (exact) mass is 289 g/mol. The van der Waals surface area contributed by atoms with Gasteiger partial charge in [-0.3, -0.25) is 9.69 Å². The molecule has 1 heterocycles. The molecule has 0 spiro atoms. The lowest BCUT2D eigenvalue weighted by atomic mass is 10.0. The maximum atomic E-state index is 12.3. The maximum Gasteiger partial charge on any atom is 0.225 e. The molecule has 2 N–H and O–H groups in total. The Balaban J connectivity index is 1.76. The van der Waals surface area contributed by atoms with Gasteiger partial charge in [-0.1, -0.05) is 37.3 Å². The summed E-state index contributed by atoms with van der Waals surface area (Å²) >= 11 is 0. The molecule has 0 bridgehead atoms. The van der Waals surface area contributed by atoms with Gasteiger partial charge in [0.2, 0.25) is 5.91 Å². The molecule has 1 amide bonds. The molecule has 4 nitrogen and oxygen atoms in total. The van der Waals surface area contributed by atoms with Gasteiger partial charge in [-0.15, -0.1) is 0 Å². The van der Waals surface area contributed by atoms with Crippen LogP contribution in [0.15, 0.2) is 30.3 Å². The van der Waals surface area contributed by atoms with Crippen LogP contribution in [0.2, 0.25) is 0 Å². The third kappa shape index (κ3) is 4.83. The second-order valence-electron chi connectivity index (χ2n) is 5.92. The number of benzene rings is 1. The highest BCUT2D eigenvalue weighted by molar-refractivity contribution is 5.78. The largest absolute Gasteiger partial charge is 0.340 e. The molecule has 1 aromatic carbocycles. The summed E-state index contributed by atoms with van der Waals surface area (Å²) in [4.78, 5) is 16.8. The summed E-state index contributed by atoms with van der Waals surface area (Å²) in [7, 11) is 0. The quantitative estimate of drug-likeness (QED) is 0.867. The smallest absolute Gasteiger partial charge is 0.225 e. The Morgan fingerprint density at radius 1 is 1.19 bits per heavy atom. The van der Waals surface area contributed by atoms with Gasteiger partial charge < -0.3 is 10.6 Å². The van der Waals surface area contributed by atoms with Crippen LogP contribution in [0.25, 0.3) is 0 Å². The average molecular weight is 289 g/mol. The Hall–Kier alpha value is -1.39. The molecule has 4 heteroatoms. The summed E-state index contributed by atoms with van der Waals surface area (Å²) in [6.07, 6.45) is 1.83. The minimum absolute atomic E-state index is 0.106. The van der Waals surface area contributed by atoms with E-state index in [1.54, 1.807) is 0 Å². The SMILES string of the molecule is CC(CCCN)C(=O)N1CCN(Cc2ccccc2)CC1. The zero-order valence-electron chi connectivity index (χ0n) is 13.0. The molecule has 21 heavy (non-hydrogen) atoms. The summed E-state index contributed by atoms with van der Waals surface area (Å²) in [6.45, 7) is 7.29. The van der Waals surface area contributed by atoms with Crippen molar-refractivity contribution in [1.29, 1.82) is 0 Å². The fourth-order valence-electron chi connectivity index (χ4n) is 2.83. The number of carbonyl (C=O) groups excluding carboxylic acids is 1. The first-order valence-corrected chi connectivity index (χ1v) is 7.96. The first kappa shape index (κ1) is 16.0. The molecule has 1 saturated heterocycles. The molecule has 0 aromatic heterocycles. The molecule has 1 unspecified atom stereocenters. The molecule has 1 atom stereocenters. The van der Waals surface area contributed by atoms with E-state index >= 15 is 0 Å². The van der Waals surface area contributed by atoms with Crippen LogP contribution in [0.4, 0.5) is 0 Å². The Morgan fingerprint density at radius 2 is 1.86 bits per heavy atom. The van der Waals surface area contributed by atoms with Crippen molar-refractivity contribution in [3.8, 4) is 0 Å². The van der Waals surface area contributed by atoms with E-state index in [9.17, 15) is 4.79 Å². The summed E-state index contributed by atoms with van der Waals surface area (Å²) in [5.41, 5.74) is 6.86. The van der Waals surface area contributed by atoms with E-state index in [1.807, 2.05) is 17.9 Å². The van der Waals surface area contributed by atoms with Gasteiger partial charge >= 0.3 is 0 Å². The average Bonchev–Trinajstić information content (AvgIpc) is 2.53. The third-order valence-electron chi connectivity index (χ3n) is 4.20. The third-order valence-corrected chi connectivity index (χ3v) is 4.20. The second kappa shape index (κ2) is 8.15. The van der Waals surface area contributed by atoms with Crippen molar-refractivity contribution in [2.75, 3.05) is 32.7 Å². The maximum absolute atomic E-state index is 12.3. The Labute approximate surface area is 127 Å². The van der Waals surface area contributed by atoms with Gasteiger partial charge in [0.05, 0.1) is 0 Å². The van der Waals surface area contributed by atoms with Crippen molar-refractivity contribution >= 4 is 5.91 Å². The van der Waals surface area contributed by atoms with Gasteiger partial charge in [-0.05, 0) is 24.9 Å². The highest BCUT2D eigenvalue weighted by Gasteiger charge is 2.24. The first-order valence-electron chi connectivity index (χ1n) is 7.96. The second-order valence-corrected chi connectivity index (χ2v) is 5.92. The molecule has 0 saturated carbocycles. The predicted molar refractivity (Wildman–Crippen MR) is 85.8 cm³/mol. The summed E-state index contributed by atoms with van der Waals surface area (Å²) in [6, 6.07) is 10.5. The molecule has 1 fully saturated rings. The van der Waals surface area contributed by atoms with Crippen LogP contribution in [-0.2, 0) is 11.3 Å². The van der Waals surface area contributed by atoms with Crippen LogP contribution < -0.4 is 5.73 Å². The van der Waals surface area contributed by atoms with Crippen LogP contribution in [-0.4, -0.2) is 48.4 Å². The number of rotatable bonds is 6. The van der Waals surface area contributed by atoms with Gasteiger partial charge in [0, 0.05) is 38.6 Å². The highest BCUT2D eigenvalue weighted by atomic mass is 16.2. The number of nitrogens with two attached hydrogens (primary N) is 1. The minimum atomic E-state index is 0.106. The molecule has 1 aliphatic heterocycles. The van der Waals surface area contributed by atoms with Crippen molar-refractivity contribution in [2.24, 2.45) is 11.7 Å². The number of hydrogen-bond donors (Lipinski definition) is 1. The molecule has 0 radical (unpaired) electrons. The molecule has 116 valence electrons. The predicted octanol–water partition coefficient (Wildman–Crippen LogP) is 1.71. The normalized spacial score (nSPS) is 17.7. The van der Waals surface area contributed by atoms with E-state index in [-0.39, 0.29) is 5.92 Å². The van der Waals surface area contributed by atoms with Gasteiger partial charge in [-0.2, -0.15) is 0 Å². The molecule has 0 aliphatic carbocycles. The Bertz CT molecular complexity index is 427. The number of carbonyl (C=O) groups is 1. The van der Waals surface area contributed by atoms with Crippen LogP contribution in [0.5, 0.6) is 0 Å². The van der Waals surface area contributed by atoms with E-state index in [0.717, 1.165) is 45.6 Å². The van der Waals surface area contributed by atoms with Crippen molar-refractivity contribution in [2.45, 2.75) is 26.3 Å².